The van der Waals surface area contributed by atoms with Gasteiger partial charge in [0.1, 0.15) is 0 Å². The van der Waals surface area contributed by atoms with Gasteiger partial charge in [0.05, 0.1) is 24.0 Å². The van der Waals surface area contributed by atoms with Gasteiger partial charge in [0.25, 0.3) is 0 Å². The topological polar surface area (TPSA) is 74.5 Å². The zero-order chi connectivity index (χ0) is 20.8. The van der Waals surface area contributed by atoms with Crippen LogP contribution in [0.3, 0.4) is 0 Å². The van der Waals surface area contributed by atoms with Crippen molar-refractivity contribution in [3.8, 4) is 11.1 Å². The first-order valence-electron chi connectivity index (χ1n) is 10.2. The predicted octanol–water partition coefficient (Wildman–Crippen LogP) is 4.86. The average Bonchev–Trinajstić information content (AvgIpc) is 3.20. The minimum absolute atomic E-state index is 0.327. The fourth-order valence-corrected chi connectivity index (χ4v) is 3.56. The summed E-state index contributed by atoms with van der Waals surface area (Å²) in [6.45, 7) is 7.79. The fourth-order valence-electron chi connectivity index (χ4n) is 3.56. The standard InChI is InChI=1S/C23H29N3O3/c1-4-29-23(28)19-9-7-18(8-10-19)21-14-16(2)13-20(15-17(3)27)22(21)24-25-26-11-5-6-12-26/h7-10,13-14,17,27H,4-6,11-12,15H2,1-3H3. The lowest BCUT2D eigenvalue weighted by Gasteiger charge is -2.15. The van der Waals surface area contributed by atoms with Crippen LogP contribution >= 0.6 is 0 Å². The van der Waals surface area contributed by atoms with Crippen LogP contribution in [0.1, 0.15) is 48.2 Å². The second-order valence-electron chi connectivity index (χ2n) is 7.52. The van der Waals surface area contributed by atoms with Crippen LogP contribution in [-0.2, 0) is 11.2 Å². The summed E-state index contributed by atoms with van der Waals surface area (Å²) in [7, 11) is 0. The number of nitrogens with zero attached hydrogens (tertiary/aromatic N) is 3. The summed E-state index contributed by atoms with van der Waals surface area (Å²) in [4.78, 5) is 11.9. The van der Waals surface area contributed by atoms with Gasteiger partial charge in [0.2, 0.25) is 0 Å². The Bertz CT molecular complexity index is 870. The van der Waals surface area contributed by atoms with E-state index in [9.17, 15) is 9.90 Å². The number of hydrogen-bond donors (Lipinski definition) is 1. The molecule has 0 radical (unpaired) electrons. The number of aliphatic hydroxyl groups is 1. The molecule has 0 aliphatic carbocycles. The molecule has 0 saturated carbocycles. The van der Waals surface area contributed by atoms with E-state index in [4.69, 9.17) is 4.74 Å². The van der Waals surface area contributed by atoms with Crippen molar-refractivity contribution in [2.24, 2.45) is 10.3 Å². The van der Waals surface area contributed by atoms with E-state index in [1.54, 1.807) is 26.0 Å². The Balaban J connectivity index is 2.01. The molecule has 1 N–H and O–H groups in total. The number of rotatable bonds is 7. The molecule has 1 heterocycles. The molecular weight excluding hydrogens is 366 g/mol. The van der Waals surface area contributed by atoms with E-state index in [-0.39, 0.29) is 5.97 Å². The van der Waals surface area contributed by atoms with E-state index in [1.165, 1.54) is 0 Å². The third kappa shape index (κ3) is 5.41. The van der Waals surface area contributed by atoms with E-state index in [1.807, 2.05) is 24.1 Å². The second-order valence-corrected chi connectivity index (χ2v) is 7.52. The van der Waals surface area contributed by atoms with Gasteiger partial charge >= 0.3 is 5.97 Å². The zero-order valence-electron chi connectivity index (χ0n) is 17.4. The summed E-state index contributed by atoms with van der Waals surface area (Å²) in [5, 5.41) is 21.0. The number of benzene rings is 2. The number of esters is 1. The largest absolute Gasteiger partial charge is 0.462 e. The van der Waals surface area contributed by atoms with E-state index in [0.29, 0.717) is 18.6 Å². The SMILES string of the molecule is CCOC(=O)c1ccc(-c2cc(C)cc(CC(C)O)c2N=NN2CCCC2)cc1. The molecule has 6 heteroatoms. The third-order valence-corrected chi connectivity index (χ3v) is 4.91. The summed E-state index contributed by atoms with van der Waals surface area (Å²) in [6, 6.07) is 11.5. The van der Waals surface area contributed by atoms with Gasteiger partial charge in [-0.15, -0.1) is 5.11 Å². The van der Waals surface area contributed by atoms with E-state index < -0.39 is 6.10 Å². The Morgan fingerprint density at radius 1 is 1.21 bits per heavy atom. The van der Waals surface area contributed by atoms with Gasteiger partial charge in [-0.1, -0.05) is 29.0 Å². The average molecular weight is 396 g/mol. The smallest absolute Gasteiger partial charge is 0.338 e. The lowest BCUT2D eigenvalue weighted by molar-refractivity contribution is 0.0526. The molecule has 2 aromatic rings. The first kappa shape index (κ1) is 21.0. The Morgan fingerprint density at radius 2 is 1.90 bits per heavy atom. The van der Waals surface area contributed by atoms with Crippen LogP contribution in [0, 0.1) is 6.92 Å². The van der Waals surface area contributed by atoms with E-state index >= 15 is 0 Å². The van der Waals surface area contributed by atoms with Crippen molar-refractivity contribution >= 4 is 11.7 Å². The van der Waals surface area contributed by atoms with Crippen LogP contribution in [0.25, 0.3) is 11.1 Å². The molecule has 1 aliphatic rings. The zero-order valence-corrected chi connectivity index (χ0v) is 17.4. The summed E-state index contributed by atoms with van der Waals surface area (Å²) in [5.74, 6) is -0.327. The molecule has 154 valence electrons. The minimum atomic E-state index is -0.475. The maximum Gasteiger partial charge on any atom is 0.338 e. The predicted molar refractivity (Wildman–Crippen MR) is 113 cm³/mol. The Morgan fingerprint density at radius 3 is 2.52 bits per heavy atom. The third-order valence-electron chi connectivity index (χ3n) is 4.91. The molecule has 1 unspecified atom stereocenters. The maximum absolute atomic E-state index is 11.9. The van der Waals surface area contributed by atoms with Crippen LogP contribution in [0.15, 0.2) is 46.7 Å². The van der Waals surface area contributed by atoms with E-state index in [0.717, 1.165) is 53.9 Å². The molecular formula is C23H29N3O3. The molecule has 1 atom stereocenters. The van der Waals surface area contributed by atoms with Crippen molar-refractivity contribution in [1.82, 2.24) is 5.01 Å². The first-order chi connectivity index (χ1) is 14.0. The molecule has 2 aromatic carbocycles. The number of aryl methyl sites for hydroxylation is 1. The molecule has 1 saturated heterocycles. The number of ether oxygens (including phenoxy) is 1. The fraction of sp³-hybridized carbons (Fsp3) is 0.435. The molecule has 0 bridgehead atoms. The van der Waals surface area contributed by atoms with Crippen molar-refractivity contribution in [2.75, 3.05) is 19.7 Å². The molecule has 0 spiro atoms. The molecule has 29 heavy (non-hydrogen) atoms. The highest BCUT2D eigenvalue weighted by molar-refractivity contribution is 5.90. The van der Waals surface area contributed by atoms with Crippen LogP contribution in [0.2, 0.25) is 0 Å². The summed E-state index contributed by atoms with van der Waals surface area (Å²) >= 11 is 0. The highest BCUT2D eigenvalue weighted by Crippen LogP contribution is 2.36. The summed E-state index contributed by atoms with van der Waals surface area (Å²) in [6.07, 6.45) is 2.30. The van der Waals surface area contributed by atoms with Gasteiger partial charge in [-0.25, -0.2) is 4.79 Å². The van der Waals surface area contributed by atoms with Crippen molar-refractivity contribution < 1.29 is 14.6 Å². The Hall–Kier alpha value is -2.73. The highest BCUT2D eigenvalue weighted by atomic mass is 16.5. The molecule has 1 fully saturated rings. The van der Waals surface area contributed by atoms with Gasteiger partial charge in [0, 0.05) is 25.1 Å². The van der Waals surface area contributed by atoms with Gasteiger partial charge < -0.3 is 9.84 Å². The molecule has 0 aromatic heterocycles. The number of carbonyl (C=O) groups is 1. The van der Waals surface area contributed by atoms with Gasteiger partial charge in [-0.05, 0) is 62.9 Å². The van der Waals surface area contributed by atoms with Crippen LogP contribution in [0.5, 0.6) is 0 Å². The van der Waals surface area contributed by atoms with Crippen molar-refractivity contribution in [3.05, 3.63) is 53.1 Å². The number of aliphatic hydroxyl groups excluding tert-OH is 1. The quantitative estimate of drug-likeness (QED) is 0.537. The van der Waals surface area contributed by atoms with Crippen LogP contribution in [-0.4, -0.2) is 41.9 Å². The van der Waals surface area contributed by atoms with Crippen molar-refractivity contribution in [2.45, 2.75) is 46.1 Å². The van der Waals surface area contributed by atoms with Crippen molar-refractivity contribution in [1.29, 1.82) is 0 Å². The van der Waals surface area contributed by atoms with Crippen LogP contribution in [0.4, 0.5) is 5.69 Å². The normalized spacial score (nSPS) is 15.1. The van der Waals surface area contributed by atoms with Gasteiger partial charge in [-0.2, -0.15) is 0 Å². The Labute approximate surface area is 172 Å². The van der Waals surface area contributed by atoms with Gasteiger partial charge in [0.15, 0.2) is 0 Å². The van der Waals surface area contributed by atoms with Crippen molar-refractivity contribution in [3.63, 3.8) is 0 Å². The van der Waals surface area contributed by atoms with Crippen LogP contribution < -0.4 is 0 Å². The number of carbonyl (C=O) groups excluding carboxylic acids is 1. The monoisotopic (exact) mass is 395 g/mol. The second kappa shape index (κ2) is 9.65. The Kier molecular flexibility index (Phi) is 6.99. The molecule has 0 amide bonds. The molecule has 1 aliphatic heterocycles. The lowest BCUT2D eigenvalue weighted by Crippen LogP contribution is -2.10. The maximum atomic E-state index is 11.9. The first-order valence-corrected chi connectivity index (χ1v) is 10.2. The molecule has 6 nitrogen and oxygen atoms in total. The molecule has 3 rings (SSSR count). The van der Waals surface area contributed by atoms with Gasteiger partial charge in [-0.3, -0.25) is 5.01 Å². The van der Waals surface area contributed by atoms with E-state index in [2.05, 4.69) is 22.5 Å². The highest BCUT2D eigenvalue weighted by Gasteiger charge is 2.16. The summed E-state index contributed by atoms with van der Waals surface area (Å²) in [5.41, 5.74) is 5.24. The minimum Gasteiger partial charge on any atom is -0.462 e. The lowest BCUT2D eigenvalue weighted by atomic mass is 9.94. The number of hydrogen-bond acceptors (Lipinski definition) is 5. The summed E-state index contributed by atoms with van der Waals surface area (Å²) < 4.78 is 5.07.